The number of ketones is 1. The molecule has 0 radical (unpaired) electrons. The summed E-state index contributed by atoms with van der Waals surface area (Å²) in [5.74, 6) is 0.118. The van der Waals surface area contributed by atoms with Gasteiger partial charge >= 0.3 is 6.03 Å². The second-order valence-corrected chi connectivity index (χ2v) is 11.5. The fourth-order valence-corrected chi connectivity index (χ4v) is 6.56. The number of aliphatic hydroxyl groups is 1. The van der Waals surface area contributed by atoms with Crippen LogP contribution < -0.4 is 10.5 Å². The van der Waals surface area contributed by atoms with Gasteiger partial charge in [0.05, 0.1) is 6.54 Å². The lowest BCUT2D eigenvalue weighted by Gasteiger charge is -2.18. The van der Waals surface area contributed by atoms with Gasteiger partial charge in [0, 0.05) is 17.7 Å². The zero-order chi connectivity index (χ0) is 21.0. The lowest BCUT2D eigenvalue weighted by Crippen LogP contribution is -2.31. The molecule has 1 heterocycles. The maximum absolute atomic E-state index is 12.9. The van der Waals surface area contributed by atoms with Gasteiger partial charge in [-0.25, -0.2) is 14.1 Å². The molecule has 0 aromatic heterocycles. The zero-order valence-corrected chi connectivity index (χ0v) is 18.0. The predicted molar refractivity (Wildman–Crippen MR) is 115 cm³/mol. The molecule has 1 aromatic rings. The van der Waals surface area contributed by atoms with Crippen molar-refractivity contribution in [1.29, 1.82) is 0 Å². The first kappa shape index (κ1) is 20.5. The van der Waals surface area contributed by atoms with E-state index in [2.05, 4.69) is 14.7 Å². The van der Waals surface area contributed by atoms with Crippen molar-refractivity contribution in [3.05, 3.63) is 28.3 Å². The van der Waals surface area contributed by atoms with E-state index in [9.17, 15) is 18.9 Å². The molecule has 1 aromatic carbocycles. The van der Waals surface area contributed by atoms with Gasteiger partial charge < -0.3 is 10.4 Å². The number of nitrogens with zero attached hydrogens (tertiary/aromatic N) is 2. The molecule has 0 saturated carbocycles. The molecule has 0 spiro atoms. The Morgan fingerprint density at radius 1 is 1.34 bits per heavy atom. The summed E-state index contributed by atoms with van der Waals surface area (Å²) in [5.41, 5.74) is 3.18. The molecular formula is C19H24N4O4S2. The SMILES string of the molecule is CC(C)(O)C1=NCC(S(N)(=O)=NC(=O)Nc2cc3c(c4c2CCC4=O)CCC3)S1. The molecule has 2 amide bonds. The third-order valence-corrected chi connectivity index (χ3v) is 9.12. The van der Waals surface area contributed by atoms with Crippen molar-refractivity contribution in [1.82, 2.24) is 0 Å². The molecule has 4 N–H and O–H groups in total. The number of hydrogen-bond acceptors (Lipinski definition) is 6. The molecule has 156 valence electrons. The van der Waals surface area contributed by atoms with Gasteiger partial charge in [0.2, 0.25) is 0 Å². The second-order valence-electron chi connectivity index (χ2n) is 8.08. The van der Waals surface area contributed by atoms with E-state index in [0.717, 1.165) is 53.3 Å². The first-order valence-corrected chi connectivity index (χ1v) is 12.1. The molecule has 2 aliphatic carbocycles. The number of nitrogens with two attached hydrogens (primary N) is 1. The predicted octanol–water partition coefficient (Wildman–Crippen LogP) is 2.42. The minimum Gasteiger partial charge on any atom is -0.384 e. The Kier molecular flexibility index (Phi) is 5.09. The summed E-state index contributed by atoms with van der Waals surface area (Å²) in [6.07, 6.45) is 3.78. The molecule has 0 bridgehead atoms. The van der Waals surface area contributed by atoms with Crippen LogP contribution in [0.4, 0.5) is 10.5 Å². The van der Waals surface area contributed by atoms with Crippen molar-refractivity contribution in [2.45, 2.75) is 56.1 Å². The molecule has 0 saturated heterocycles. The Bertz CT molecular complexity index is 1060. The molecule has 29 heavy (non-hydrogen) atoms. The lowest BCUT2D eigenvalue weighted by atomic mass is 9.97. The number of fused-ring (bicyclic) bond motifs is 3. The minimum absolute atomic E-state index is 0.118. The molecule has 3 aliphatic rings. The Morgan fingerprint density at radius 3 is 2.79 bits per heavy atom. The molecule has 2 atom stereocenters. The Hall–Kier alpha value is -1.75. The molecule has 1 aliphatic heterocycles. The Labute approximate surface area is 174 Å². The maximum Gasteiger partial charge on any atom is 0.354 e. The van der Waals surface area contributed by atoms with Crippen LogP contribution in [0.3, 0.4) is 0 Å². The van der Waals surface area contributed by atoms with E-state index in [-0.39, 0.29) is 12.3 Å². The standard InChI is InChI=1S/C19H24N4O4S2/c1-19(2,26)17-21-9-15(28-17)29(20,27)23-18(25)22-13-8-10-4-3-5-11(10)16-12(13)6-7-14(16)24/h8,15,26H,3-7,9H2,1-2H3,(H3,20,22,23,25,27). The van der Waals surface area contributed by atoms with Crippen molar-refractivity contribution in [2.24, 2.45) is 14.5 Å². The Morgan fingerprint density at radius 2 is 2.10 bits per heavy atom. The Balaban J connectivity index is 1.57. The van der Waals surface area contributed by atoms with Crippen LogP contribution in [0.2, 0.25) is 0 Å². The minimum atomic E-state index is -3.38. The summed E-state index contributed by atoms with van der Waals surface area (Å²) < 4.78 is 15.9. The van der Waals surface area contributed by atoms with Crippen LogP contribution in [-0.2, 0) is 29.2 Å². The summed E-state index contributed by atoms with van der Waals surface area (Å²) in [7, 11) is -3.38. The van der Waals surface area contributed by atoms with E-state index >= 15 is 0 Å². The lowest BCUT2D eigenvalue weighted by molar-refractivity contribution is 0.0993. The van der Waals surface area contributed by atoms with E-state index in [0.29, 0.717) is 23.6 Å². The van der Waals surface area contributed by atoms with Crippen LogP contribution in [0.15, 0.2) is 15.4 Å². The van der Waals surface area contributed by atoms with Crippen LogP contribution in [0.1, 0.15) is 53.7 Å². The largest absolute Gasteiger partial charge is 0.384 e. The van der Waals surface area contributed by atoms with Crippen molar-refractivity contribution >= 4 is 44.2 Å². The number of benzene rings is 1. The first-order chi connectivity index (χ1) is 13.6. The highest BCUT2D eigenvalue weighted by molar-refractivity contribution is 8.23. The highest BCUT2D eigenvalue weighted by Crippen LogP contribution is 2.38. The number of amides is 2. The summed E-state index contributed by atoms with van der Waals surface area (Å²) in [6.45, 7) is 3.29. The van der Waals surface area contributed by atoms with E-state index in [4.69, 9.17) is 5.14 Å². The van der Waals surface area contributed by atoms with E-state index in [1.165, 1.54) is 0 Å². The summed E-state index contributed by atoms with van der Waals surface area (Å²) in [6, 6.07) is 1.11. The monoisotopic (exact) mass is 436 g/mol. The van der Waals surface area contributed by atoms with Gasteiger partial charge in [0.15, 0.2) is 5.78 Å². The fraction of sp³-hybridized carbons (Fsp3) is 0.526. The topological polar surface area (TPSA) is 134 Å². The zero-order valence-electron chi connectivity index (χ0n) is 16.4. The third-order valence-electron chi connectivity index (χ3n) is 5.38. The number of rotatable bonds is 3. The van der Waals surface area contributed by atoms with Crippen LogP contribution in [-0.4, -0.2) is 42.9 Å². The average molecular weight is 437 g/mol. The van der Waals surface area contributed by atoms with E-state index in [1.54, 1.807) is 13.8 Å². The van der Waals surface area contributed by atoms with Crippen LogP contribution >= 0.6 is 11.8 Å². The molecule has 8 nitrogen and oxygen atoms in total. The third kappa shape index (κ3) is 3.86. The van der Waals surface area contributed by atoms with Crippen LogP contribution in [0.5, 0.6) is 0 Å². The summed E-state index contributed by atoms with van der Waals surface area (Å²) in [5, 5.41) is 19.0. The number of Topliss-reactive ketones (excluding diaryl/α,β-unsaturated/α-hetero) is 1. The molecule has 10 heteroatoms. The van der Waals surface area contributed by atoms with Gasteiger partial charge in [-0.05, 0) is 62.3 Å². The molecular weight excluding hydrogens is 412 g/mol. The number of nitrogens with one attached hydrogen (secondary N) is 1. The number of carbonyl (C=O) groups is 2. The van der Waals surface area contributed by atoms with Gasteiger partial charge in [0.1, 0.15) is 25.1 Å². The summed E-state index contributed by atoms with van der Waals surface area (Å²) in [4.78, 5) is 29.0. The average Bonchev–Trinajstić information content (AvgIpc) is 3.32. The van der Waals surface area contributed by atoms with Crippen LogP contribution in [0.25, 0.3) is 0 Å². The number of carbonyl (C=O) groups excluding carboxylic acids is 2. The number of aliphatic imine (C=N–C) groups is 1. The number of anilines is 1. The van der Waals surface area contributed by atoms with Gasteiger partial charge in [-0.3, -0.25) is 9.79 Å². The molecule has 2 unspecified atom stereocenters. The van der Waals surface area contributed by atoms with Crippen molar-refractivity contribution in [3.8, 4) is 0 Å². The molecule has 4 rings (SSSR count). The van der Waals surface area contributed by atoms with Crippen molar-refractivity contribution in [3.63, 3.8) is 0 Å². The quantitative estimate of drug-likeness (QED) is 0.669. The van der Waals surface area contributed by atoms with Gasteiger partial charge in [-0.1, -0.05) is 11.8 Å². The number of hydrogen-bond donors (Lipinski definition) is 3. The van der Waals surface area contributed by atoms with Crippen molar-refractivity contribution in [2.75, 3.05) is 11.9 Å². The van der Waals surface area contributed by atoms with Crippen LogP contribution in [0, 0.1) is 0 Å². The van der Waals surface area contributed by atoms with E-state index in [1.807, 2.05) is 6.07 Å². The van der Waals surface area contributed by atoms with Gasteiger partial charge in [0.25, 0.3) is 0 Å². The van der Waals surface area contributed by atoms with Crippen molar-refractivity contribution < 1.29 is 18.9 Å². The summed E-state index contributed by atoms with van der Waals surface area (Å²) >= 11 is 1.09. The molecule has 0 fully saturated rings. The van der Waals surface area contributed by atoms with Gasteiger partial charge in [-0.15, -0.1) is 4.36 Å². The fourth-order valence-electron chi connectivity index (χ4n) is 4.06. The van der Waals surface area contributed by atoms with Gasteiger partial charge in [-0.2, -0.15) is 0 Å². The number of urea groups is 1. The number of thioether (sulfide) groups is 1. The highest BCUT2D eigenvalue weighted by atomic mass is 32.3. The van der Waals surface area contributed by atoms with E-state index < -0.39 is 26.1 Å². The maximum atomic E-state index is 12.9. The smallest absolute Gasteiger partial charge is 0.354 e. The number of aryl methyl sites for hydroxylation is 1. The normalized spacial score (nSPS) is 22.7. The first-order valence-electron chi connectivity index (χ1n) is 9.56. The highest BCUT2D eigenvalue weighted by Gasteiger charge is 2.35. The second kappa shape index (κ2) is 7.19.